The van der Waals surface area contributed by atoms with E-state index in [1.54, 1.807) is 18.0 Å². The number of benzene rings is 1. The first kappa shape index (κ1) is 14.8. The molecule has 2 amide bonds. The lowest BCUT2D eigenvalue weighted by atomic mass is 10.1. The summed E-state index contributed by atoms with van der Waals surface area (Å²) in [5.74, 6) is -1.04. The maximum absolute atomic E-state index is 12.2. The Kier molecular flexibility index (Phi) is 4.74. The van der Waals surface area contributed by atoms with Crippen molar-refractivity contribution in [2.45, 2.75) is 13.8 Å². The maximum atomic E-state index is 12.2. The van der Waals surface area contributed by atoms with Crippen LogP contribution in [0.4, 0.5) is 16.2 Å². The molecule has 1 rings (SSSR count). The van der Waals surface area contributed by atoms with Crippen molar-refractivity contribution in [3.05, 3.63) is 23.8 Å². The van der Waals surface area contributed by atoms with Gasteiger partial charge in [0, 0.05) is 20.1 Å². The zero-order valence-corrected chi connectivity index (χ0v) is 11.4. The number of rotatable bonds is 4. The van der Waals surface area contributed by atoms with Crippen LogP contribution in [0.1, 0.15) is 24.2 Å². The minimum absolute atomic E-state index is 0.105. The van der Waals surface area contributed by atoms with Crippen molar-refractivity contribution in [1.82, 2.24) is 4.90 Å². The van der Waals surface area contributed by atoms with Gasteiger partial charge in [0.1, 0.15) is 0 Å². The predicted molar refractivity (Wildman–Crippen MR) is 74.5 cm³/mol. The van der Waals surface area contributed by atoms with Crippen LogP contribution in [-0.2, 0) is 0 Å². The van der Waals surface area contributed by atoms with Crippen molar-refractivity contribution >= 4 is 23.4 Å². The molecule has 0 aliphatic carbocycles. The molecule has 0 unspecified atom stereocenters. The summed E-state index contributed by atoms with van der Waals surface area (Å²) in [5.41, 5.74) is 6.75. The van der Waals surface area contributed by atoms with E-state index in [0.29, 0.717) is 18.8 Å². The molecule has 6 nitrogen and oxygen atoms in total. The van der Waals surface area contributed by atoms with Gasteiger partial charge in [-0.2, -0.15) is 0 Å². The first-order valence-corrected chi connectivity index (χ1v) is 6.07. The average Bonchev–Trinajstić information content (AvgIpc) is 2.39. The van der Waals surface area contributed by atoms with Gasteiger partial charge in [0.25, 0.3) is 0 Å². The van der Waals surface area contributed by atoms with Crippen LogP contribution in [0.15, 0.2) is 18.2 Å². The molecule has 0 aliphatic heterocycles. The summed E-state index contributed by atoms with van der Waals surface area (Å²) in [6.45, 7) is 4.76. The molecule has 1 aromatic carbocycles. The second kappa shape index (κ2) is 6.08. The van der Waals surface area contributed by atoms with Gasteiger partial charge >= 0.3 is 12.0 Å². The fourth-order valence-corrected chi connectivity index (χ4v) is 1.68. The molecule has 6 heteroatoms. The standard InChI is InChI=1S/C13H19N3O3/c1-4-15(3)13(19)16(5-2)11-7-6-9(12(17)18)8-10(11)14/h6-8H,4-5,14H2,1-3H3,(H,17,18). The molecule has 0 heterocycles. The summed E-state index contributed by atoms with van der Waals surface area (Å²) in [6, 6.07) is 4.19. The Balaban J connectivity index is 3.12. The lowest BCUT2D eigenvalue weighted by molar-refractivity contribution is 0.0697. The van der Waals surface area contributed by atoms with Gasteiger partial charge in [-0.3, -0.25) is 4.90 Å². The molecule has 0 bridgehead atoms. The number of carbonyl (C=O) groups is 2. The first-order chi connectivity index (χ1) is 8.92. The van der Waals surface area contributed by atoms with Gasteiger partial charge in [0.2, 0.25) is 0 Å². The summed E-state index contributed by atoms with van der Waals surface area (Å²) in [4.78, 5) is 26.1. The Morgan fingerprint density at radius 2 is 1.89 bits per heavy atom. The normalized spacial score (nSPS) is 10.1. The molecule has 0 aliphatic rings. The molecular weight excluding hydrogens is 246 g/mol. The topological polar surface area (TPSA) is 86.9 Å². The monoisotopic (exact) mass is 265 g/mol. The molecule has 104 valence electrons. The Hall–Kier alpha value is -2.24. The first-order valence-electron chi connectivity index (χ1n) is 6.07. The second-order valence-electron chi connectivity index (χ2n) is 4.12. The minimum atomic E-state index is -1.04. The number of hydrogen-bond donors (Lipinski definition) is 2. The number of aromatic carboxylic acids is 1. The van der Waals surface area contributed by atoms with E-state index in [-0.39, 0.29) is 17.3 Å². The van der Waals surface area contributed by atoms with Gasteiger partial charge in [-0.05, 0) is 32.0 Å². The highest BCUT2D eigenvalue weighted by Crippen LogP contribution is 2.25. The third-order valence-electron chi connectivity index (χ3n) is 2.91. The van der Waals surface area contributed by atoms with E-state index in [0.717, 1.165) is 0 Å². The van der Waals surface area contributed by atoms with Crippen LogP contribution in [0.3, 0.4) is 0 Å². The summed E-state index contributed by atoms with van der Waals surface area (Å²) < 4.78 is 0. The highest BCUT2D eigenvalue weighted by Gasteiger charge is 2.19. The fraction of sp³-hybridized carbons (Fsp3) is 0.385. The number of amides is 2. The van der Waals surface area contributed by atoms with Gasteiger partial charge in [0.15, 0.2) is 0 Å². The number of carboxylic acids is 1. The number of carboxylic acid groups (broad SMARTS) is 1. The van der Waals surface area contributed by atoms with Crippen LogP contribution in [0, 0.1) is 0 Å². The van der Waals surface area contributed by atoms with E-state index in [1.165, 1.54) is 17.0 Å². The largest absolute Gasteiger partial charge is 0.478 e. The van der Waals surface area contributed by atoms with Crippen LogP contribution >= 0.6 is 0 Å². The lowest BCUT2D eigenvalue weighted by Gasteiger charge is -2.27. The Bertz CT molecular complexity index is 488. The molecule has 1 aromatic rings. The minimum Gasteiger partial charge on any atom is -0.478 e. The Labute approximate surface area is 112 Å². The zero-order chi connectivity index (χ0) is 14.6. The molecule has 0 saturated carbocycles. The molecule has 0 spiro atoms. The van der Waals surface area contributed by atoms with Crippen LogP contribution < -0.4 is 10.6 Å². The van der Waals surface area contributed by atoms with Crippen LogP contribution in [0.5, 0.6) is 0 Å². The fourth-order valence-electron chi connectivity index (χ4n) is 1.68. The molecule has 0 saturated heterocycles. The number of nitrogens with two attached hydrogens (primary N) is 1. The molecule has 0 radical (unpaired) electrons. The smallest absolute Gasteiger partial charge is 0.335 e. The third kappa shape index (κ3) is 3.15. The van der Waals surface area contributed by atoms with Crippen molar-refractivity contribution in [3.63, 3.8) is 0 Å². The Morgan fingerprint density at radius 1 is 1.26 bits per heavy atom. The van der Waals surface area contributed by atoms with Crippen molar-refractivity contribution in [3.8, 4) is 0 Å². The third-order valence-corrected chi connectivity index (χ3v) is 2.91. The van der Waals surface area contributed by atoms with E-state index in [2.05, 4.69) is 0 Å². The van der Waals surface area contributed by atoms with Gasteiger partial charge < -0.3 is 15.7 Å². The zero-order valence-electron chi connectivity index (χ0n) is 11.4. The van der Waals surface area contributed by atoms with Crippen molar-refractivity contribution in [2.24, 2.45) is 0 Å². The predicted octanol–water partition coefficient (Wildman–Crippen LogP) is 1.86. The number of anilines is 2. The molecular formula is C13H19N3O3. The van der Waals surface area contributed by atoms with E-state index in [9.17, 15) is 9.59 Å². The van der Waals surface area contributed by atoms with Crippen molar-refractivity contribution < 1.29 is 14.7 Å². The Morgan fingerprint density at radius 3 is 2.32 bits per heavy atom. The molecule has 0 atom stereocenters. The van der Waals surface area contributed by atoms with Crippen molar-refractivity contribution in [1.29, 1.82) is 0 Å². The summed E-state index contributed by atoms with van der Waals surface area (Å²) in [5, 5.41) is 8.89. The van der Waals surface area contributed by atoms with E-state index < -0.39 is 5.97 Å². The van der Waals surface area contributed by atoms with Gasteiger partial charge in [-0.15, -0.1) is 0 Å². The summed E-state index contributed by atoms with van der Waals surface area (Å²) >= 11 is 0. The highest BCUT2D eigenvalue weighted by atomic mass is 16.4. The van der Waals surface area contributed by atoms with E-state index >= 15 is 0 Å². The number of carbonyl (C=O) groups excluding carboxylic acids is 1. The summed E-state index contributed by atoms with van der Waals surface area (Å²) in [7, 11) is 1.70. The van der Waals surface area contributed by atoms with E-state index in [4.69, 9.17) is 10.8 Å². The summed E-state index contributed by atoms with van der Waals surface area (Å²) in [6.07, 6.45) is 0. The van der Waals surface area contributed by atoms with Crippen LogP contribution in [0.2, 0.25) is 0 Å². The maximum Gasteiger partial charge on any atom is 0.335 e. The lowest BCUT2D eigenvalue weighted by Crippen LogP contribution is -2.41. The number of nitrogen functional groups attached to an aromatic ring is 1. The molecule has 0 fully saturated rings. The van der Waals surface area contributed by atoms with E-state index in [1.807, 2.05) is 13.8 Å². The number of urea groups is 1. The number of hydrogen-bond acceptors (Lipinski definition) is 3. The highest BCUT2D eigenvalue weighted by molar-refractivity contribution is 5.97. The van der Waals surface area contributed by atoms with Gasteiger partial charge in [0.05, 0.1) is 16.9 Å². The van der Waals surface area contributed by atoms with Gasteiger partial charge in [-0.25, -0.2) is 9.59 Å². The quantitative estimate of drug-likeness (QED) is 0.813. The van der Waals surface area contributed by atoms with Gasteiger partial charge in [-0.1, -0.05) is 0 Å². The molecule has 0 aromatic heterocycles. The van der Waals surface area contributed by atoms with Crippen LogP contribution in [-0.4, -0.2) is 42.1 Å². The average molecular weight is 265 g/mol. The molecule has 3 N–H and O–H groups in total. The number of nitrogens with zero attached hydrogens (tertiary/aromatic N) is 2. The molecule has 19 heavy (non-hydrogen) atoms. The SMILES string of the molecule is CCN(C)C(=O)N(CC)c1ccc(C(=O)O)cc1N. The van der Waals surface area contributed by atoms with Crippen molar-refractivity contribution in [2.75, 3.05) is 30.8 Å². The van der Waals surface area contributed by atoms with Crippen LogP contribution in [0.25, 0.3) is 0 Å². The second-order valence-corrected chi connectivity index (χ2v) is 4.12.